The third-order valence-corrected chi connectivity index (χ3v) is 3.94. The Labute approximate surface area is 122 Å². The van der Waals surface area contributed by atoms with Crippen molar-refractivity contribution in [3.63, 3.8) is 0 Å². The van der Waals surface area contributed by atoms with Crippen LogP contribution in [0.2, 0.25) is 0 Å². The molecule has 1 fully saturated rings. The summed E-state index contributed by atoms with van der Waals surface area (Å²) in [6.45, 7) is 6.17. The summed E-state index contributed by atoms with van der Waals surface area (Å²) in [5.41, 5.74) is 1.39. The predicted octanol–water partition coefficient (Wildman–Crippen LogP) is 2.61. The summed E-state index contributed by atoms with van der Waals surface area (Å²) < 4.78 is 0. The summed E-state index contributed by atoms with van der Waals surface area (Å²) in [5.74, 6) is 0.315. The molecule has 0 aliphatic carbocycles. The van der Waals surface area contributed by atoms with E-state index in [1.54, 1.807) is 0 Å². The van der Waals surface area contributed by atoms with E-state index in [0.29, 0.717) is 18.0 Å². The molecule has 0 saturated carbocycles. The molecule has 1 aromatic rings. The Kier molecular flexibility index (Phi) is 5.60. The molecule has 1 aromatic carbocycles. The minimum atomic E-state index is 0.315. The van der Waals surface area contributed by atoms with Gasteiger partial charge in [-0.3, -0.25) is 4.79 Å². The molecule has 0 radical (unpaired) electrons. The van der Waals surface area contributed by atoms with E-state index in [1.165, 1.54) is 5.56 Å². The van der Waals surface area contributed by atoms with Crippen molar-refractivity contribution >= 4 is 5.91 Å². The Morgan fingerprint density at radius 1 is 1.20 bits per heavy atom. The molecule has 1 aliphatic rings. The molecular formula is C17H26N2O. The molecule has 20 heavy (non-hydrogen) atoms. The fourth-order valence-electron chi connectivity index (χ4n) is 2.88. The topological polar surface area (TPSA) is 32.3 Å². The van der Waals surface area contributed by atoms with Gasteiger partial charge in [0, 0.05) is 31.6 Å². The van der Waals surface area contributed by atoms with E-state index >= 15 is 0 Å². The second-order valence-corrected chi connectivity index (χ2v) is 5.94. The van der Waals surface area contributed by atoms with Crippen LogP contribution in [0.25, 0.3) is 0 Å². The maximum absolute atomic E-state index is 11.6. The van der Waals surface area contributed by atoms with Crippen LogP contribution in [0.4, 0.5) is 0 Å². The predicted molar refractivity (Wildman–Crippen MR) is 82.6 cm³/mol. The van der Waals surface area contributed by atoms with E-state index in [0.717, 1.165) is 38.8 Å². The summed E-state index contributed by atoms with van der Waals surface area (Å²) in [5, 5.41) is 3.60. The van der Waals surface area contributed by atoms with Gasteiger partial charge in [-0.15, -0.1) is 0 Å². The molecule has 0 bridgehead atoms. The highest BCUT2D eigenvalue weighted by atomic mass is 16.2. The van der Waals surface area contributed by atoms with Crippen molar-refractivity contribution in [1.29, 1.82) is 0 Å². The molecule has 1 saturated heterocycles. The van der Waals surface area contributed by atoms with Crippen molar-refractivity contribution in [2.75, 3.05) is 13.1 Å². The summed E-state index contributed by atoms with van der Waals surface area (Å²) in [7, 11) is 0. The van der Waals surface area contributed by atoms with E-state index in [1.807, 2.05) is 4.90 Å². The SMILES string of the molecule is CC(CCc1ccccc1)NC(C)CN1CCCC1=O. The molecule has 110 valence electrons. The van der Waals surface area contributed by atoms with Gasteiger partial charge in [-0.2, -0.15) is 0 Å². The molecular weight excluding hydrogens is 248 g/mol. The average Bonchev–Trinajstić information content (AvgIpc) is 2.83. The van der Waals surface area contributed by atoms with Crippen LogP contribution in [0.5, 0.6) is 0 Å². The Balaban J connectivity index is 1.68. The number of nitrogens with one attached hydrogen (secondary N) is 1. The highest BCUT2D eigenvalue weighted by Crippen LogP contribution is 2.10. The van der Waals surface area contributed by atoms with Crippen LogP contribution in [0.1, 0.15) is 38.7 Å². The van der Waals surface area contributed by atoms with Crippen LogP contribution in [0.15, 0.2) is 30.3 Å². The molecule has 2 atom stereocenters. The summed E-state index contributed by atoms with van der Waals surface area (Å²) in [6.07, 6.45) is 3.98. The minimum absolute atomic E-state index is 0.315. The first kappa shape index (κ1) is 15.0. The number of aryl methyl sites for hydroxylation is 1. The lowest BCUT2D eigenvalue weighted by molar-refractivity contribution is -0.127. The lowest BCUT2D eigenvalue weighted by Crippen LogP contribution is -2.43. The Hall–Kier alpha value is -1.35. The van der Waals surface area contributed by atoms with Crippen LogP contribution >= 0.6 is 0 Å². The number of hydrogen-bond acceptors (Lipinski definition) is 2. The first-order valence-corrected chi connectivity index (χ1v) is 7.73. The van der Waals surface area contributed by atoms with Crippen LogP contribution in [-0.2, 0) is 11.2 Å². The van der Waals surface area contributed by atoms with E-state index < -0.39 is 0 Å². The summed E-state index contributed by atoms with van der Waals surface area (Å²) >= 11 is 0. The van der Waals surface area contributed by atoms with Crippen molar-refractivity contribution < 1.29 is 4.79 Å². The van der Waals surface area contributed by atoms with Gasteiger partial charge in [0.25, 0.3) is 0 Å². The Morgan fingerprint density at radius 2 is 1.95 bits per heavy atom. The quantitative estimate of drug-likeness (QED) is 0.829. The zero-order valence-electron chi connectivity index (χ0n) is 12.6. The molecule has 1 aliphatic heterocycles. The van der Waals surface area contributed by atoms with Crippen molar-refractivity contribution in [2.24, 2.45) is 0 Å². The normalized spacial score (nSPS) is 18.3. The van der Waals surface area contributed by atoms with Crippen molar-refractivity contribution in [1.82, 2.24) is 10.2 Å². The smallest absolute Gasteiger partial charge is 0.222 e. The summed E-state index contributed by atoms with van der Waals surface area (Å²) in [6, 6.07) is 11.4. The first-order valence-electron chi connectivity index (χ1n) is 7.73. The van der Waals surface area contributed by atoms with E-state index in [4.69, 9.17) is 0 Å². The monoisotopic (exact) mass is 274 g/mol. The number of carbonyl (C=O) groups excluding carboxylic acids is 1. The lowest BCUT2D eigenvalue weighted by Gasteiger charge is -2.25. The maximum Gasteiger partial charge on any atom is 0.222 e. The Bertz CT molecular complexity index is 418. The van der Waals surface area contributed by atoms with Crippen molar-refractivity contribution in [3.05, 3.63) is 35.9 Å². The van der Waals surface area contributed by atoms with Crippen LogP contribution in [0, 0.1) is 0 Å². The van der Waals surface area contributed by atoms with Gasteiger partial charge in [0.15, 0.2) is 0 Å². The zero-order chi connectivity index (χ0) is 14.4. The van der Waals surface area contributed by atoms with Gasteiger partial charge in [-0.1, -0.05) is 30.3 Å². The maximum atomic E-state index is 11.6. The van der Waals surface area contributed by atoms with Gasteiger partial charge in [-0.05, 0) is 38.7 Å². The molecule has 2 rings (SSSR count). The fraction of sp³-hybridized carbons (Fsp3) is 0.588. The zero-order valence-corrected chi connectivity index (χ0v) is 12.6. The van der Waals surface area contributed by atoms with Gasteiger partial charge in [0.05, 0.1) is 0 Å². The second kappa shape index (κ2) is 7.44. The van der Waals surface area contributed by atoms with E-state index in [2.05, 4.69) is 49.5 Å². The third kappa shape index (κ3) is 4.64. The third-order valence-electron chi connectivity index (χ3n) is 3.94. The van der Waals surface area contributed by atoms with Gasteiger partial charge in [0.2, 0.25) is 5.91 Å². The number of hydrogen-bond donors (Lipinski definition) is 1. The van der Waals surface area contributed by atoms with Gasteiger partial charge >= 0.3 is 0 Å². The van der Waals surface area contributed by atoms with E-state index in [-0.39, 0.29) is 0 Å². The largest absolute Gasteiger partial charge is 0.341 e. The summed E-state index contributed by atoms with van der Waals surface area (Å²) in [4.78, 5) is 13.6. The number of amides is 1. The van der Waals surface area contributed by atoms with Gasteiger partial charge in [-0.25, -0.2) is 0 Å². The van der Waals surface area contributed by atoms with Crippen LogP contribution in [0.3, 0.4) is 0 Å². The molecule has 3 nitrogen and oxygen atoms in total. The average molecular weight is 274 g/mol. The van der Waals surface area contributed by atoms with Crippen molar-refractivity contribution in [3.8, 4) is 0 Å². The fourth-order valence-corrected chi connectivity index (χ4v) is 2.88. The lowest BCUT2D eigenvalue weighted by atomic mass is 10.1. The van der Waals surface area contributed by atoms with Crippen LogP contribution < -0.4 is 5.32 Å². The Morgan fingerprint density at radius 3 is 2.60 bits per heavy atom. The molecule has 1 N–H and O–H groups in total. The number of benzene rings is 1. The molecule has 1 heterocycles. The van der Waals surface area contributed by atoms with Gasteiger partial charge in [0.1, 0.15) is 0 Å². The number of nitrogens with zero attached hydrogens (tertiary/aromatic N) is 1. The molecule has 1 amide bonds. The molecule has 0 spiro atoms. The number of rotatable bonds is 7. The number of carbonyl (C=O) groups is 1. The number of likely N-dealkylation sites (tertiary alicyclic amines) is 1. The van der Waals surface area contributed by atoms with E-state index in [9.17, 15) is 4.79 Å². The highest BCUT2D eigenvalue weighted by Gasteiger charge is 2.22. The minimum Gasteiger partial charge on any atom is -0.341 e. The standard InChI is InChI=1S/C17H26N2O/c1-14(10-11-16-7-4-3-5-8-16)18-15(2)13-19-12-6-9-17(19)20/h3-5,7-8,14-15,18H,6,9-13H2,1-2H3. The highest BCUT2D eigenvalue weighted by molar-refractivity contribution is 5.78. The first-order chi connectivity index (χ1) is 9.65. The molecule has 2 unspecified atom stereocenters. The van der Waals surface area contributed by atoms with Crippen LogP contribution in [-0.4, -0.2) is 36.0 Å². The van der Waals surface area contributed by atoms with Crippen molar-refractivity contribution in [2.45, 2.75) is 51.6 Å². The second-order valence-electron chi connectivity index (χ2n) is 5.94. The molecule has 0 aromatic heterocycles. The molecule has 3 heteroatoms. The van der Waals surface area contributed by atoms with Gasteiger partial charge < -0.3 is 10.2 Å².